The molecule has 1 fully saturated rings. The van der Waals surface area contributed by atoms with E-state index in [1.54, 1.807) is 6.20 Å². The Labute approximate surface area is 113 Å². The Balaban J connectivity index is 2.14. The molecule has 2 amide bonds. The van der Waals surface area contributed by atoms with E-state index in [-0.39, 0.29) is 24.3 Å². The smallest absolute Gasteiger partial charge is 0.252 e. The maximum Gasteiger partial charge on any atom is 0.252 e. The van der Waals surface area contributed by atoms with Gasteiger partial charge in [0.1, 0.15) is 11.9 Å². The van der Waals surface area contributed by atoms with Crippen LogP contribution >= 0.6 is 0 Å². The second-order valence-electron chi connectivity index (χ2n) is 4.93. The highest BCUT2D eigenvalue weighted by atomic mass is 16.2. The molecule has 5 nitrogen and oxygen atoms in total. The minimum atomic E-state index is -0.491. The fraction of sp³-hybridized carbons (Fsp3) is 0.500. The topological polar surface area (TPSA) is 62.3 Å². The predicted molar refractivity (Wildman–Crippen MR) is 72.6 cm³/mol. The summed E-state index contributed by atoms with van der Waals surface area (Å²) in [4.78, 5) is 29.7. The molecule has 0 aromatic carbocycles. The zero-order chi connectivity index (χ0) is 14.0. The molecule has 1 N–H and O–H groups in total. The Bertz CT molecular complexity index is 501. The lowest BCUT2D eigenvalue weighted by molar-refractivity contribution is -0.140. The van der Waals surface area contributed by atoms with E-state index in [1.807, 2.05) is 32.9 Å². The summed E-state index contributed by atoms with van der Waals surface area (Å²) in [5.41, 5.74) is 0.963. The van der Waals surface area contributed by atoms with Crippen LogP contribution in [-0.2, 0) is 9.59 Å². The molecule has 0 spiro atoms. The van der Waals surface area contributed by atoms with Crippen molar-refractivity contribution in [2.45, 2.75) is 45.7 Å². The van der Waals surface area contributed by atoms with Crippen molar-refractivity contribution in [3.8, 4) is 0 Å². The van der Waals surface area contributed by atoms with Gasteiger partial charge in [-0.2, -0.15) is 0 Å². The number of aromatic nitrogens is 1. The molecule has 0 saturated carbocycles. The van der Waals surface area contributed by atoms with Crippen LogP contribution in [0.3, 0.4) is 0 Å². The maximum atomic E-state index is 12.2. The normalized spacial score (nSPS) is 20.8. The quantitative estimate of drug-likeness (QED) is 0.838. The molecule has 2 unspecified atom stereocenters. The van der Waals surface area contributed by atoms with E-state index in [9.17, 15) is 9.59 Å². The molecule has 0 aliphatic carbocycles. The number of carbonyl (C=O) groups excluding carboxylic acids is 2. The van der Waals surface area contributed by atoms with Gasteiger partial charge in [0.15, 0.2) is 0 Å². The van der Waals surface area contributed by atoms with E-state index in [4.69, 9.17) is 0 Å². The molecule has 1 aromatic rings. The van der Waals surface area contributed by atoms with Crippen LogP contribution in [-0.4, -0.2) is 33.8 Å². The summed E-state index contributed by atoms with van der Waals surface area (Å²) in [5, 5.41) is 3.08. The van der Waals surface area contributed by atoms with Crippen molar-refractivity contribution in [1.29, 1.82) is 0 Å². The number of nitrogens with zero attached hydrogens (tertiary/aromatic N) is 2. The van der Waals surface area contributed by atoms with Gasteiger partial charge in [-0.15, -0.1) is 0 Å². The standard InChI is InChI=1S/C14H19N3O2/c1-4-10(3)17-12(18)8-11(14(17)19)16-13-9(2)6-5-7-15-13/h5-7,10-11H,4,8H2,1-3H3,(H,15,16). The van der Waals surface area contributed by atoms with Crippen LogP contribution < -0.4 is 5.32 Å². The first-order chi connectivity index (χ1) is 9.04. The van der Waals surface area contributed by atoms with Crippen LogP contribution in [0.15, 0.2) is 18.3 Å². The Kier molecular flexibility index (Phi) is 3.83. The van der Waals surface area contributed by atoms with Crippen LogP contribution in [0, 0.1) is 6.92 Å². The van der Waals surface area contributed by atoms with Crippen LogP contribution in [0.2, 0.25) is 0 Å². The van der Waals surface area contributed by atoms with E-state index >= 15 is 0 Å². The summed E-state index contributed by atoms with van der Waals surface area (Å²) in [6.45, 7) is 5.78. The van der Waals surface area contributed by atoms with Gasteiger partial charge in [-0.3, -0.25) is 14.5 Å². The second kappa shape index (κ2) is 5.38. The molecule has 0 bridgehead atoms. The minimum Gasteiger partial charge on any atom is -0.358 e. The van der Waals surface area contributed by atoms with Crippen LogP contribution in [0.4, 0.5) is 5.82 Å². The summed E-state index contributed by atoms with van der Waals surface area (Å²) in [7, 11) is 0. The number of aryl methyl sites for hydroxylation is 1. The highest BCUT2D eigenvalue weighted by Crippen LogP contribution is 2.21. The SMILES string of the molecule is CCC(C)N1C(=O)CC(Nc2ncccc2C)C1=O. The van der Waals surface area contributed by atoms with E-state index < -0.39 is 6.04 Å². The average molecular weight is 261 g/mol. The summed E-state index contributed by atoms with van der Waals surface area (Å²) < 4.78 is 0. The van der Waals surface area contributed by atoms with Gasteiger partial charge >= 0.3 is 0 Å². The third-order valence-corrected chi connectivity index (χ3v) is 3.53. The van der Waals surface area contributed by atoms with Gasteiger partial charge in [0, 0.05) is 12.2 Å². The highest BCUT2D eigenvalue weighted by Gasteiger charge is 2.40. The fourth-order valence-corrected chi connectivity index (χ4v) is 2.21. The molecule has 2 heterocycles. The second-order valence-corrected chi connectivity index (χ2v) is 4.93. The zero-order valence-electron chi connectivity index (χ0n) is 11.5. The van der Waals surface area contributed by atoms with Gasteiger partial charge in [-0.25, -0.2) is 4.98 Å². The number of rotatable bonds is 4. The number of anilines is 1. The summed E-state index contributed by atoms with van der Waals surface area (Å²) in [6, 6.07) is 3.23. The van der Waals surface area contributed by atoms with Gasteiger partial charge in [-0.1, -0.05) is 13.0 Å². The summed E-state index contributed by atoms with van der Waals surface area (Å²) in [5.74, 6) is 0.412. The molecule has 102 valence electrons. The summed E-state index contributed by atoms with van der Waals surface area (Å²) >= 11 is 0. The van der Waals surface area contributed by atoms with Crippen LogP contribution in [0.25, 0.3) is 0 Å². The first-order valence-electron chi connectivity index (χ1n) is 6.58. The van der Waals surface area contributed by atoms with E-state index in [1.165, 1.54) is 4.90 Å². The molecule has 1 aliphatic heterocycles. The van der Waals surface area contributed by atoms with Gasteiger partial charge in [0.25, 0.3) is 5.91 Å². The molecule has 1 aromatic heterocycles. The lowest BCUT2D eigenvalue weighted by Gasteiger charge is -2.21. The molecular weight excluding hydrogens is 242 g/mol. The number of amides is 2. The third kappa shape index (κ3) is 2.59. The molecule has 0 radical (unpaired) electrons. The molecular formula is C14H19N3O2. The average Bonchev–Trinajstić information content (AvgIpc) is 2.66. The largest absolute Gasteiger partial charge is 0.358 e. The van der Waals surface area contributed by atoms with Crippen molar-refractivity contribution in [1.82, 2.24) is 9.88 Å². The predicted octanol–water partition coefficient (Wildman–Crippen LogP) is 1.73. The number of imide groups is 1. The van der Waals surface area contributed by atoms with Crippen molar-refractivity contribution in [2.24, 2.45) is 0 Å². The number of nitrogens with one attached hydrogen (secondary N) is 1. The lowest BCUT2D eigenvalue weighted by atomic mass is 10.2. The van der Waals surface area contributed by atoms with Gasteiger partial charge in [0.05, 0.1) is 6.42 Å². The maximum absolute atomic E-state index is 12.2. The summed E-state index contributed by atoms with van der Waals surface area (Å²) in [6.07, 6.45) is 2.65. The molecule has 5 heteroatoms. The Morgan fingerprint density at radius 1 is 1.53 bits per heavy atom. The van der Waals surface area contributed by atoms with E-state index in [0.717, 1.165) is 12.0 Å². The molecule has 19 heavy (non-hydrogen) atoms. The first-order valence-corrected chi connectivity index (χ1v) is 6.58. The van der Waals surface area contributed by atoms with Crippen LogP contribution in [0.5, 0.6) is 0 Å². The Morgan fingerprint density at radius 2 is 2.26 bits per heavy atom. The lowest BCUT2D eigenvalue weighted by Crippen LogP contribution is -2.40. The van der Waals surface area contributed by atoms with Gasteiger partial charge in [-0.05, 0) is 31.9 Å². The number of pyridine rings is 1. The van der Waals surface area contributed by atoms with Crippen molar-refractivity contribution in [3.63, 3.8) is 0 Å². The van der Waals surface area contributed by atoms with Crippen molar-refractivity contribution in [3.05, 3.63) is 23.9 Å². The number of hydrogen-bond donors (Lipinski definition) is 1. The van der Waals surface area contributed by atoms with Crippen molar-refractivity contribution in [2.75, 3.05) is 5.32 Å². The Hall–Kier alpha value is -1.91. The van der Waals surface area contributed by atoms with Crippen LogP contribution in [0.1, 0.15) is 32.3 Å². The van der Waals surface area contributed by atoms with Crippen molar-refractivity contribution >= 4 is 17.6 Å². The number of carbonyl (C=O) groups is 2. The van der Waals surface area contributed by atoms with Gasteiger partial charge in [0.2, 0.25) is 5.91 Å². The third-order valence-electron chi connectivity index (χ3n) is 3.53. The molecule has 2 rings (SSSR count). The first kappa shape index (κ1) is 13.5. The van der Waals surface area contributed by atoms with Gasteiger partial charge < -0.3 is 5.32 Å². The monoisotopic (exact) mass is 261 g/mol. The fourth-order valence-electron chi connectivity index (χ4n) is 2.21. The zero-order valence-corrected chi connectivity index (χ0v) is 11.5. The molecule has 2 atom stereocenters. The highest BCUT2D eigenvalue weighted by molar-refractivity contribution is 6.07. The number of hydrogen-bond acceptors (Lipinski definition) is 4. The Morgan fingerprint density at radius 3 is 2.89 bits per heavy atom. The number of likely N-dealkylation sites (tertiary alicyclic amines) is 1. The molecule has 1 aliphatic rings. The van der Waals surface area contributed by atoms with E-state index in [2.05, 4.69) is 10.3 Å². The van der Waals surface area contributed by atoms with Crippen molar-refractivity contribution < 1.29 is 9.59 Å². The minimum absolute atomic E-state index is 0.0448. The molecule has 1 saturated heterocycles. The van der Waals surface area contributed by atoms with E-state index in [0.29, 0.717) is 5.82 Å².